The van der Waals surface area contributed by atoms with Gasteiger partial charge in [0, 0.05) is 25.8 Å². The van der Waals surface area contributed by atoms with E-state index in [-0.39, 0.29) is 24.8 Å². The fourth-order valence-electron chi connectivity index (χ4n) is 2.44. The Morgan fingerprint density at radius 1 is 0.880 bits per heavy atom. The average molecular weight is 339 g/mol. The van der Waals surface area contributed by atoms with Crippen LogP contribution in [0.5, 0.6) is 0 Å². The van der Waals surface area contributed by atoms with E-state index in [1.807, 2.05) is 55.6 Å². The van der Waals surface area contributed by atoms with Gasteiger partial charge in [-0.1, -0.05) is 48.5 Å². The van der Waals surface area contributed by atoms with Gasteiger partial charge in [-0.2, -0.15) is 0 Å². The van der Waals surface area contributed by atoms with Crippen LogP contribution in [0.1, 0.15) is 12.0 Å². The lowest BCUT2D eigenvalue weighted by Crippen LogP contribution is -2.38. The molecule has 0 fully saturated rings. The molecule has 2 aromatic carbocycles. The lowest BCUT2D eigenvalue weighted by molar-refractivity contribution is -0.125. The number of nitrogens with one attached hydrogen (secondary N) is 2. The Bertz CT molecular complexity index is 659. The molecule has 0 aliphatic heterocycles. The molecule has 0 bridgehead atoms. The highest BCUT2D eigenvalue weighted by molar-refractivity contribution is 5.85. The minimum atomic E-state index is -0.163. The number of carbonyl (C=O) groups is 2. The zero-order chi connectivity index (χ0) is 17.9. The summed E-state index contributed by atoms with van der Waals surface area (Å²) in [5, 5.41) is 5.47. The van der Waals surface area contributed by atoms with Gasteiger partial charge in [-0.15, -0.1) is 0 Å². The molecule has 0 aliphatic rings. The lowest BCUT2D eigenvalue weighted by atomic mass is 10.1. The molecule has 5 nitrogen and oxygen atoms in total. The molecule has 132 valence electrons. The van der Waals surface area contributed by atoms with Gasteiger partial charge in [0.2, 0.25) is 11.8 Å². The third-order valence-corrected chi connectivity index (χ3v) is 3.84. The zero-order valence-electron chi connectivity index (χ0n) is 14.6. The van der Waals surface area contributed by atoms with Gasteiger partial charge in [-0.3, -0.25) is 9.59 Å². The summed E-state index contributed by atoms with van der Waals surface area (Å²) in [6.45, 7) is 1.45. The number of amides is 2. The Hall–Kier alpha value is -2.82. The molecule has 0 aromatic heterocycles. The predicted molar refractivity (Wildman–Crippen MR) is 100 cm³/mol. The van der Waals surface area contributed by atoms with E-state index in [1.165, 1.54) is 0 Å². The molecule has 2 amide bonds. The highest BCUT2D eigenvalue weighted by atomic mass is 16.2. The zero-order valence-corrected chi connectivity index (χ0v) is 14.6. The molecule has 2 aromatic rings. The molecule has 0 saturated carbocycles. The predicted octanol–water partition coefficient (Wildman–Crippen LogP) is 1.99. The van der Waals surface area contributed by atoms with Gasteiger partial charge < -0.3 is 15.5 Å². The number of carbonyl (C=O) groups excluding carboxylic acids is 2. The van der Waals surface area contributed by atoms with Gasteiger partial charge in [0.25, 0.3) is 0 Å². The fourth-order valence-corrected chi connectivity index (χ4v) is 2.44. The molecule has 0 heterocycles. The van der Waals surface area contributed by atoms with E-state index in [4.69, 9.17) is 0 Å². The number of benzene rings is 2. The van der Waals surface area contributed by atoms with Gasteiger partial charge in [-0.05, 0) is 24.1 Å². The van der Waals surface area contributed by atoms with Crippen LogP contribution < -0.4 is 15.5 Å². The van der Waals surface area contributed by atoms with Crippen LogP contribution in [0.3, 0.4) is 0 Å². The van der Waals surface area contributed by atoms with Crippen molar-refractivity contribution in [3.8, 4) is 0 Å². The SMILES string of the molecule is CN(CCCNC(=O)CNC(=O)Cc1ccccc1)c1ccccc1. The van der Waals surface area contributed by atoms with E-state index in [0.29, 0.717) is 6.54 Å². The first-order chi connectivity index (χ1) is 12.1. The largest absolute Gasteiger partial charge is 0.375 e. The highest BCUT2D eigenvalue weighted by Crippen LogP contribution is 2.10. The maximum absolute atomic E-state index is 11.8. The van der Waals surface area contributed by atoms with Crippen LogP contribution >= 0.6 is 0 Å². The van der Waals surface area contributed by atoms with Crippen molar-refractivity contribution in [1.29, 1.82) is 0 Å². The highest BCUT2D eigenvalue weighted by Gasteiger charge is 2.06. The third-order valence-electron chi connectivity index (χ3n) is 3.84. The molecule has 0 radical (unpaired) electrons. The van der Waals surface area contributed by atoms with E-state index < -0.39 is 0 Å². The molecule has 2 N–H and O–H groups in total. The minimum Gasteiger partial charge on any atom is -0.375 e. The molecular weight excluding hydrogens is 314 g/mol. The Labute approximate surface area is 149 Å². The van der Waals surface area contributed by atoms with Gasteiger partial charge in [-0.25, -0.2) is 0 Å². The van der Waals surface area contributed by atoms with E-state index in [1.54, 1.807) is 0 Å². The summed E-state index contributed by atoms with van der Waals surface area (Å²) in [7, 11) is 2.03. The summed E-state index contributed by atoms with van der Waals surface area (Å²) in [6, 6.07) is 19.6. The Morgan fingerprint density at radius 2 is 1.52 bits per heavy atom. The fraction of sp³-hybridized carbons (Fsp3) is 0.300. The molecule has 2 rings (SSSR count). The number of nitrogens with zero attached hydrogens (tertiary/aromatic N) is 1. The maximum atomic E-state index is 11.8. The molecule has 0 unspecified atom stereocenters. The quantitative estimate of drug-likeness (QED) is 0.687. The summed E-state index contributed by atoms with van der Waals surface area (Å²) < 4.78 is 0. The van der Waals surface area contributed by atoms with Crippen molar-refractivity contribution in [3.05, 3.63) is 66.2 Å². The molecule has 0 saturated heterocycles. The molecule has 5 heteroatoms. The molecule has 25 heavy (non-hydrogen) atoms. The van der Waals surface area contributed by atoms with E-state index in [2.05, 4.69) is 27.7 Å². The topological polar surface area (TPSA) is 61.4 Å². The van der Waals surface area contributed by atoms with Crippen molar-refractivity contribution >= 4 is 17.5 Å². The molecular formula is C20H25N3O2. The molecule has 0 atom stereocenters. The van der Waals surface area contributed by atoms with E-state index in [9.17, 15) is 9.59 Å². The summed E-state index contributed by atoms with van der Waals surface area (Å²) in [4.78, 5) is 25.7. The Balaban J connectivity index is 1.57. The summed E-state index contributed by atoms with van der Waals surface area (Å²) >= 11 is 0. The van der Waals surface area contributed by atoms with Crippen molar-refractivity contribution in [1.82, 2.24) is 10.6 Å². The lowest BCUT2D eigenvalue weighted by Gasteiger charge is -2.19. The smallest absolute Gasteiger partial charge is 0.239 e. The monoisotopic (exact) mass is 339 g/mol. The molecule has 0 spiro atoms. The normalized spacial score (nSPS) is 10.1. The average Bonchev–Trinajstić information content (AvgIpc) is 2.65. The number of hydrogen-bond acceptors (Lipinski definition) is 3. The van der Waals surface area contributed by atoms with Crippen LogP contribution in [-0.2, 0) is 16.0 Å². The minimum absolute atomic E-state index is 0.0141. The van der Waals surface area contributed by atoms with Crippen molar-refractivity contribution < 1.29 is 9.59 Å². The summed E-state index contributed by atoms with van der Waals surface area (Å²) in [5.74, 6) is -0.311. The number of para-hydroxylation sites is 1. The van der Waals surface area contributed by atoms with Crippen molar-refractivity contribution in [2.24, 2.45) is 0 Å². The van der Waals surface area contributed by atoms with Crippen LogP contribution in [-0.4, -0.2) is 38.5 Å². The number of anilines is 1. The van der Waals surface area contributed by atoms with Crippen LogP contribution in [0.4, 0.5) is 5.69 Å². The van der Waals surface area contributed by atoms with Crippen molar-refractivity contribution in [3.63, 3.8) is 0 Å². The first kappa shape index (κ1) is 18.5. The first-order valence-electron chi connectivity index (χ1n) is 8.48. The van der Waals surface area contributed by atoms with Gasteiger partial charge in [0.1, 0.15) is 0 Å². The van der Waals surface area contributed by atoms with Gasteiger partial charge in [0.05, 0.1) is 13.0 Å². The second kappa shape index (κ2) is 10.1. The van der Waals surface area contributed by atoms with Crippen LogP contribution in [0.15, 0.2) is 60.7 Å². The second-order valence-electron chi connectivity index (χ2n) is 5.90. The standard InChI is InChI=1S/C20H25N3O2/c1-23(18-11-6-3-7-12-18)14-8-13-21-20(25)16-22-19(24)15-17-9-4-2-5-10-17/h2-7,9-12H,8,13-16H2,1H3,(H,21,25)(H,22,24). The first-order valence-corrected chi connectivity index (χ1v) is 8.48. The molecule has 0 aliphatic carbocycles. The second-order valence-corrected chi connectivity index (χ2v) is 5.90. The van der Waals surface area contributed by atoms with E-state index in [0.717, 1.165) is 24.2 Å². The Morgan fingerprint density at radius 3 is 2.20 bits per heavy atom. The van der Waals surface area contributed by atoms with Crippen LogP contribution in [0.25, 0.3) is 0 Å². The summed E-state index contributed by atoms with van der Waals surface area (Å²) in [6.07, 6.45) is 1.13. The number of rotatable bonds is 9. The summed E-state index contributed by atoms with van der Waals surface area (Å²) in [5.41, 5.74) is 2.09. The third kappa shape index (κ3) is 7.08. The van der Waals surface area contributed by atoms with Gasteiger partial charge >= 0.3 is 0 Å². The van der Waals surface area contributed by atoms with Gasteiger partial charge in [0.15, 0.2) is 0 Å². The Kier molecular flexibility index (Phi) is 7.50. The van der Waals surface area contributed by atoms with Crippen LogP contribution in [0, 0.1) is 0 Å². The van der Waals surface area contributed by atoms with E-state index >= 15 is 0 Å². The number of hydrogen-bond donors (Lipinski definition) is 2. The van der Waals surface area contributed by atoms with Crippen molar-refractivity contribution in [2.45, 2.75) is 12.8 Å². The maximum Gasteiger partial charge on any atom is 0.239 e. The van der Waals surface area contributed by atoms with Crippen molar-refractivity contribution in [2.75, 3.05) is 31.6 Å². The van der Waals surface area contributed by atoms with Crippen LogP contribution in [0.2, 0.25) is 0 Å².